The van der Waals surface area contributed by atoms with Crippen molar-refractivity contribution in [1.29, 1.82) is 0 Å². The Balaban J connectivity index is 1.76. The second kappa shape index (κ2) is 4.77. The zero-order valence-corrected chi connectivity index (χ0v) is 11.3. The molecule has 1 N–H and O–H groups in total. The van der Waals surface area contributed by atoms with Crippen molar-refractivity contribution in [3.8, 4) is 0 Å². The fraction of sp³-hybridized carbons (Fsp3) is 0.846. The van der Waals surface area contributed by atoms with E-state index in [9.17, 15) is 0 Å². The maximum atomic E-state index is 4.95. The lowest BCUT2D eigenvalue weighted by Crippen LogP contribution is -2.33. The Hall–Kier alpha value is -0.900. The Kier molecular flexibility index (Phi) is 3.52. The number of aromatic nitrogens is 2. The maximum absolute atomic E-state index is 4.95. The van der Waals surface area contributed by atoms with Gasteiger partial charge in [0, 0.05) is 25.9 Å². The van der Waals surface area contributed by atoms with Crippen LogP contribution in [0.25, 0.3) is 0 Å². The van der Waals surface area contributed by atoms with Gasteiger partial charge in [-0.3, -0.25) is 0 Å². The van der Waals surface area contributed by atoms with Crippen molar-refractivity contribution >= 4 is 0 Å². The van der Waals surface area contributed by atoms with Gasteiger partial charge in [-0.15, -0.1) is 0 Å². The molecule has 0 spiro atoms. The summed E-state index contributed by atoms with van der Waals surface area (Å²) in [5.74, 6) is 2.22. The van der Waals surface area contributed by atoms with Crippen LogP contribution in [0.4, 0.5) is 0 Å². The van der Waals surface area contributed by atoms with Gasteiger partial charge >= 0.3 is 0 Å². The zero-order valence-electron chi connectivity index (χ0n) is 11.3. The van der Waals surface area contributed by atoms with Gasteiger partial charge in [0.1, 0.15) is 0 Å². The fourth-order valence-electron chi connectivity index (χ4n) is 2.98. The molecule has 1 aliphatic rings. The van der Waals surface area contributed by atoms with E-state index in [1.54, 1.807) is 0 Å². The summed E-state index contributed by atoms with van der Waals surface area (Å²) >= 11 is 0. The molecule has 0 aromatic carbocycles. The van der Waals surface area contributed by atoms with Crippen LogP contribution in [-0.2, 0) is 6.42 Å². The van der Waals surface area contributed by atoms with E-state index >= 15 is 0 Å². The third-order valence-corrected chi connectivity index (χ3v) is 3.66. The Bertz CT molecular complexity index is 372. The van der Waals surface area contributed by atoms with Crippen LogP contribution in [0.2, 0.25) is 0 Å². The molecule has 1 saturated carbocycles. The quantitative estimate of drug-likeness (QED) is 0.873. The van der Waals surface area contributed by atoms with Crippen molar-refractivity contribution < 1.29 is 4.52 Å². The molecule has 2 atom stereocenters. The summed E-state index contributed by atoms with van der Waals surface area (Å²) in [5, 5.41) is 7.52. The fourth-order valence-corrected chi connectivity index (χ4v) is 2.98. The first-order valence-corrected chi connectivity index (χ1v) is 6.49. The van der Waals surface area contributed by atoms with E-state index < -0.39 is 0 Å². The Morgan fingerprint density at radius 3 is 2.71 bits per heavy atom. The Labute approximate surface area is 103 Å². The number of rotatable bonds is 4. The van der Waals surface area contributed by atoms with Crippen molar-refractivity contribution in [2.45, 2.75) is 53.0 Å². The highest BCUT2D eigenvalue weighted by Crippen LogP contribution is 2.40. The molecule has 0 aliphatic heterocycles. The summed E-state index contributed by atoms with van der Waals surface area (Å²) in [5.41, 5.74) is 0.486. The molecule has 4 nitrogen and oxygen atoms in total. The first-order valence-electron chi connectivity index (χ1n) is 6.49. The highest BCUT2D eigenvalue weighted by atomic mass is 16.5. The molecule has 1 aliphatic carbocycles. The van der Waals surface area contributed by atoms with Gasteiger partial charge in [-0.25, -0.2) is 0 Å². The predicted molar refractivity (Wildman–Crippen MR) is 66.7 cm³/mol. The van der Waals surface area contributed by atoms with Crippen LogP contribution in [0.5, 0.6) is 0 Å². The largest absolute Gasteiger partial charge is 0.340 e. The minimum Gasteiger partial charge on any atom is -0.340 e. The van der Waals surface area contributed by atoms with Crippen LogP contribution in [-0.4, -0.2) is 22.7 Å². The molecule has 1 aromatic heterocycles. The lowest BCUT2D eigenvalue weighted by Gasteiger charge is -2.18. The molecular weight excluding hydrogens is 214 g/mol. The zero-order chi connectivity index (χ0) is 12.5. The second-order valence-corrected chi connectivity index (χ2v) is 6.09. The highest BCUT2D eigenvalue weighted by molar-refractivity contribution is 4.92. The van der Waals surface area contributed by atoms with E-state index in [1.165, 1.54) is 12.8 Å². The van der Waals surface area contributed by atoms with Crippen molar-refractivity contribution in [2.75, 3.05) is 6.54 Å². The molecule has 1 aromatic rings. The number of nitrogens with one attached hydrogen (secondary N) is 1. The molecule has 17 heavy (non-hydrogen) atoms. The van der Waals surface area contributed by atoms with Gasteiger partial charge < -0.3 is 9.84 Å². The number of hydrogen-bond donors (Lipinski definition) is 1. The second-order valence-electron chi connectivity index (χ2n) is 6.09. The van der Waals surface area contributed by atoms with Crippen LogP contribution in [0.15, 0.2) is 4.52 Å². The van der Waals surface area contributed by atoms with Crippen molar-refractivity contribution in [3.05, 3.63) is 11.7 Å². The highest BCUT2D eigenvalue weighted by Gasteiger charge is 2.36. The van der Waals surface area contributed by atoms with E-state index in [2.05, 4.69) is 36.2 Å². The van der Waals surface area contributed by atoms with Crippen LogP contribution in [0.1, 0.15) is 45.3 Å². The molecule has 4 heteroatoms. The lowest BCUT2D eigenvalue weighted by atomic mass is 9.91. The SMILES string of the molecule is Cc1nc(CCNC2CC(C)(C)CC2C)no1. The summed E-state index contributed by atoms with van der Waals surface area (Å²) in [4.78, 5) is 4.20. The van der Waals surface area contributed by atoms with E-state index in [0.29, 0.717) is 17.3 Å². The van der Waals surface area contributed by atoms with Crippen LogP contribution >= 0.6 is 0 Å². The predicted octanol–water partition coefficient (Wildman–Crippen LogP) is 2.33. The van der Waals surface area contributed by atoms with Gasteiger partial charge in [-0.05, 0) is 24.2 Å². The van der Waals surface area contributed by atoms with Crippen molar-refractivity contribution in [1.82, 2.24) is 15.5 Å². The Morgan fingerprint density at radius 1 is 1.41 bits per heavy atom. The van der Waals surface area contributed by atoms with Gasteiger partial charge in [-0.1, -0.05) is 25.9 Å². The molecule has 96 valence electrons. The summed E-state index contributed by atoms with van der Waals surface area (Å²) in [6.45, 7) is 9.81. The smallest absolute Gasteiger partial charge is 0.223 e. The molecule has 0 amide bonds. The molecule has 0 bridgehead atoms. The first kappa shape index (κ1) is 12.6. The Morgan fingerprint density at radius 2 is 2.18 bits per heavy atom. The standard InChI is InChI=1S/C13H23N3O/c1-9-7-13(3,4)8-11(9)14-6-5-12-15-10(2)17-16-12/h9,11,14H,5-8H2,1-4H3. The van der Waals surface area contributed by atoms with Crippen LogP contribution in [0.3, 0.4) is 0 Å². The van der Waals surface area contributed by atoms with Gasteiger partial charge in [0.15, 0.2) is 5.82 Å². The van der Waals surface area contributed by atoms with E-state index in [0.717, 1.165) is 24.7 Å². The van der Waals surface area contributed by atoms with Crippen molar-refractivity contribution in [2.24, 2.45) is 11.3 Å². The topological polar surface area (TPSA) is 51.0 Å². The van der Waals surface area contributed by atoms with Crippen LogP contribution < -0.4 is 5.32 Å². The minimum absolute atomic E-state index is 0.486. The monoisotopic (exact) mass is 237 g/mol. The van der Waals surface area contributed by atoms with Gasteiger partial charge in [0.2, 0.25) is 5.89 Å². The van der Waals surface area contributed by atoms with Gasteiger partial charge in [0.05, 0.1) is 0 Å². The average molecular weight is 237 g/mol. The average Bonchev–Trinajstić information content (AvgIpc) is 2.71. The molecule has 0 radical (unpaired) electrons. The number of hydrogen-bond acceptors (Lipinski definition) is 4. The number of aryl methyl sites for hydroxylation is 1. The van der Waals surface area contributed by atoms with Gasteiger partial charge in [-0.2, -0.15) is 4.98 Å². The lowest BCUT2D eigenvalue weighted by molar-refractivity contribution is 0.361. The number of nitrogens with zero attached hydrogens (tertiary/aromatic N) is 2. The molecule has 2 rings (SSSR count). The third kappa shape index (κ3) is 3.28. The molecule has 1 fully saturated rings. The summed E-state index contributed by atoms with van der Waals surface area (Å²) in [7, 11) is 0. The van der Waals surface area contributed by atoms with Gasteiger partial charge in [0.25, 0.3) is 0 Å². The van der Waals surface area contributed by atoms with Crippen LogP contribution in [0, 0.1) is 18.3 Å². The first-order chi connectivity index (χ1) is 7.96. The summed E-state index contributed by atoms with van der Waals surface area (Å²) < 4.78 is 4.95. The van der Waals surface area contributed by atoms with E-state index in [1.807, 2.05) is 6.92 Å². The van der Waals surface area contributed by atoms with E-state index in [4.69, 9.17) is 4.52 Å². The van der Waals surface area contributed by atoms with Crippen molar-refractivity contribution in [3.63, 3.8) is 0 Å². The molecule has 1 heterocycles. The maximum Gasteiger partial charge on any atom is 0.223 e. The summed E-state index contributed by atoms with van der Waals surface area (Å²) in [6.07, 6.45) is 3.42. The summed E-state index contributed by atoms with van der Waals surface area (Å²) in [6, 6.07) is 0.637. The third-order valence-electron chi connectivity index (χ3n) is 3.66. The molecular formula is C13H23N3O. The van der Waals surface area contributed by atoms with E-state index in [-0.39, 0.29) is 0 Å². The normalized spacial score (nSPS) is 27.5. The molecule has 2 unspecified atom stereocenters. The molecule has 0 saturated heterocycles. The minimum atomic E-state index is 0.486.